The summed E-state index contributed by atoms with van der Waals surface area (Å²) in [4.78, 5) is 12.1. The number of carbonyl (C=O) groups excluding carboxylic acids is 1. The molecule has 0 saturated carbocycles. The molecule has 2 aromatic carbocycles. The lowest BCUT2D eigenvalue weighted by Crippen LogP contribution is -2.27. The van der Waals surface area contributed by atoms with Crippen molar-refractivity contribution >= 4 is 17.3 Å². The third-order valence-electron chi connectivity index (χ3n) is 3.95. The number of nitrogens with one attached hydrogen (secondary N) is 2. The maximum absolute atomic E-state index is 12.1. The molecule has 5 heteroatoms. The Kier molecular flexibility index (Phi) is 6.17. The van der Waals surface area contributed by atoms with Crippen molar-refractivity contribution in [1.29, 1.82) is 0 Å². The largest absolute Gasteiger partial charge is 0.496 e. The average Bonchev–Trinajstić information content (AvgIpc) is 2.58. The maximum atomic E-state index is 12.1. The first-order valence-corrected chi connectivity index (χ1v) is 8.20. The summed E-state index contributed by atoms with van der Waals surface area (Å²) in [6.07, 6.45) is 0. The van der Waals surface area contributed by atoms with Crippen LogP contribution in [-0.2, 0) is 4.79 Å². The van der Waals surface area contributed by atoms with Gasteiger partial charge in [-0.2, -0.15) is 5.10 Å². The summed E-state index contributed by atoms with van der Waals surface area (Å²) in [6, 6.07) is 11.8. The summed E-state index contributed by atoms with van der Waals surface area (Å²) in [5, 5.41) is 7.36. The van der Waals surface area contributed by atoms with Gasteiger partial charge >= 0.3 is 0 Å². The molecule has 2 aromatic rings. The molecule has 0 atom stereocenters. The summed E-state index contributed by atoms with van der Waals surface area (Å²) in [5.74, 6) is 0.524. The summed E-state index contributed by atoms with van der Waals surface area (Å²) in [7, 11) is 1.61. The van der Waals surface area contributed by atoms with Gasteiger partial charge in [-0.05, 0) is 51.0 Å². The zero-order valence-electron chi connectivity index (χ0n) is 15.4. The number of hydrogen-bond acceptors (Lipinski definition) is 4. The normalized spacial score (nSPS) is 11.2. The molecule has 0 fully saturated rings. The van der Waals surface area contributed by atoms with Crippen molar-refractivity contribution in [2.75, 3.05) is 19.0 Å². The van der Waals surface area contributed by atoms with E-state index in [1.807, 2.05) is 45.0 Å². The minimum absolute atomic E-state index is 0.160. The van der Waals surface area contributed by atoms with Crippen LogP contribution in [0.3, 0.4) is 0 Å². The van der Waals surface area contributed by atoms with Gasteiger partial charge in [0.15, 0.2) is 0 Å². The van der Waals surface area contributed by atoms with Crippen molar-refractivity contribution in [3.8, 4) is 5.75 Å². The molecule has 132 valence electrons. The standard InChI is InChI=1S/C20H25N3O2/c1-13-10-14(2)20(15(3)11-13)21-12-19(24)23-22-16(4)17-8-6-7-9-18(17)25-5/h6-11,21H,12H2,1-5H3,(H,23,24)/b22-16-. The lowest BCUT2D eigenvalue weighted by atomic mass is 10.1. The van der Waals surface area contributed by atoms with Crippen LogP contribution in [0.1, 0.15) is 29.2 Å². The van der Waals surface area contributed by atoms with Crippen LogP contribution in [0.15, 0.2) is 41.5 Å². The second kappa shape index (κ2) is 8.33. The summed E-state index contributed by atoms with van der Waals surface area (Å²) in [5.41, 5.74) is 8.57. The second-order valence-electron chi connectivity index (χ2n) is 6.06. The van der Waals surface area contributed by atoms with Gasteiger partial charge in [0.25, 0.3) is 5.91 Å². The van der Waals surface area contributed by atoms with Gasteiger partial charge in [0.2, 0.25) is 0 Å². The number of para-hydroxylation sites is 1. The van der Waals surface area contributed by atoms with E-state index in [0.29, 0.717) is 5.71 Å². The summed E-state index contributed by atoms with van der Waals surface area (Å²) >= 11 is 0. The first-order valence-electron chi connectivity index (χ1n) is 8.20. The highest BCUT2D eigenvalue weighted by Crippen LogP contribution is 2.21. The molecule has 0 bridgehead atoms. The molecule has 2 rings (SSSR count). The molecule has 1 amide bonds. The lowest BCUT2D eigenvalue weighted by Gasteiger charge is -2.13. The quantitative estimate of drug-likeness (QED) is 0.625. The van der Waals surface area contributed by atoms with Crippen molar-refractivity contribution in [2.24, 2.45) is 5.10 Å². The van der Waals surface area contributed by atoms with E-state index in [1.165, 1.54) is 5.56 Å². The molecular weight excluding hydrogens is 314 g/mol. The number of methoxy groups -OCH3 is 1. The molecule has 0 spiro atoms. The third-order valence-corrected chi connectivity index (χ3v) is 3.95. The zero-order valence-corrected chi connectivity index (χ0v) is 15.4. The Morgan fingerprint density at radius 2 is 1.76 bits per heavy atom. The van der Waals surface area contributed by atoms with Crippen molar-refractivity contribution in [1.82, 2.24) is 5.43 Å². The van der Waals surface area contributed by atoms with Crippen LogP contribution in [-0.4, -0.2) is 25.3 Å². The Hall–Kier alpha value is -2.82. The summed E-state index contributed by atoms with van der Waals surface area (Å²) in [6.45, 7) is 8.12. The molecule has 0 heterocycles. The van der Waals surface area contributed by atoms with E-state index in [-0.39, 0.29) is 12.5 Å². The topological polar surface area (TPSA) is 62.7 Å². The Labute approximate surface area is 149 Å². The van der Waals surface area contributed by atoms with Crippen LogP contribution in [0.25, 0.3) is 0 Å². The second-order valence-corrected chi connectivity index (χ2v) is 6.06. The smallest absolute Gasteiger partial charge is 0.259 e. The molecule has 0 radical (unpaired) electrons. The predicted octanol–water partition coefficient (Wildman–Crippen LogP) is 3.57. The van der Waals surface area contributed by atoms with Gasteiger partial charge in [-0.1, -0.05) is 29.8 Å². The number of hydrazone groups is 1. The van der Waals surface area contributed by atoms with E-state index in [4.69, 9.17) is 4.74 Å². The number of anilines is 1. The van der Waals surface area contributed by atoms with Crippen molar-refractivity contribution in [3.63, 3.8) is 0 Å². The molecule has 25 heavy (non-hydrogen) atoms. The molecule has 5 nitrogen and oxygen atoms in total. The first-order chi connectivity index (χ1) is 11.9. The lowest BCUT2D eigenvalue weighted by molar-refractivity contribution is -0.119. The van der Waals surface area contributed by atoms with Crippen LogP contribution in [0.4, 0.5) is 5.69 Å². The number of nitrogens with zero attached hydrogens (tertiary/aromatic N) is 1. The number of rotatable bonds is 6. The number of carbonyl (C=O) groups is 1. The highest BCUT2D eigenvalue weighted by molar-refractivity contribution is 6.01. The molecule has 0 aromatic heterocycles. The monoisotopic (exact) mass is 339 g/mol. The van der Waals surface area contributed by atoms with Gasteiger partial charge in [0.05, 0.1) is 19.4 Å². The molecule has 2 N–H and O–H groups in total. The van der Waals surface area contributed by atoms with Gasteiger partial charge in [-0.3, -0.25) is 4.79 Å². The minimum atomic E-state index is -0.200. The van der Waals surface area contributed by atoms with Gasteiger partial charge in [0.1, 0.15) is 5.75 Å². The Balaban J connectivity index is 1.99. The molecule has 0 unspecified atom stereocenters. The fourth-order valence-corrected chi connectivity index (χ4v) is 2.82. The molecule has 0 aliphatic carbocycles. The van der Waals surface area contributed by atoms with Gasteiger partial charge in [-0.25, -0.2) is 5.43 Å². The Bertz CT molecular complexity index is 774. The van der Waals surface area contributed by atoms with Gasteiger partial charge < -0.3 is 10.1 Å². The Morgan fingerprint density at radius 3 is 2.40 bits per heavy atom. The highest BCUT2D eigenvalue weighted by Gasteiger charge is 2.08. The molecule has 0 aliphatic heterocycles. The van der Waals surface area contributed by atoms with E-state index < -0.39 is 0 Å². The number of amides is 1. The van der Waals surface area contributed by atoms with Crippen LogP contribution >= 0.6 is 0 Å². The van der Waals surface area contributed by atoms with E-state index in [2.05, 4.69) is 34.9 Å². The zero-order chi connectivity index (χ0) is 18.4. The first kappa shape index (κ1) is 18.5. The highest BCUT2D eigenvalue weighted by atomic mass is 16.5. The van der Waals surface area contributed by atoms with Gasteiger partial charge in [-0.15, -0.1) is 0 Å². The number of benzene rings is 2. The SMILES string of the molecule is COc1ccccc1/C(C)=N\NC(=O)CNc1c(C)cc(C)cc1C. The van der Waals surface area contributed by atoms with E-state index >= 15 is 0 Å². The van der Waals surface area contributed by atoms with E-state index in [1.54, 1.807) is 7.11 Å². The average molecular weight is 339 g/mol. The maximum Gasteiger partial charge on any atom is 0.259 e. The van der Waals surface area contributed by atoms with Crippen LogP contribution in [0.2, 0.25) is 0 Å². The van der Waals surface area contributed by atoms with Crippen LogP contribution in [0, 0.1) is 20.8 Å². The van der Waals surface area contributed by atoms with E-state index in [0.717, 1.165) is 28.1 Å². The predicted molar refractivity (Wildman–Crippen MR) is 102 cm³/mol. The van der Waals surface area contributed by atoms with Crippen LogP contribution < -0.4 is 15.5 Å². The van der Waals surface area contributed by atoms with Crippen molar-refractivity contribution < 1.29 is 9.53 Å². The molecule has 0 saturated heterocycles. The molecular formula is C20H25N3O2. The minimum Gasteiger partial charge on any atom is -0.496 e. The molecule has 0 aliphatic rings. The Morgan fingerprint density at radius 1 is 1.12 bits per heavy atom. The number of aryl methyl sites for hydroxylation is 3. The fourth-order valence-electron chi connectivity index (χ4n) is 2.82. The number of ether oxygens (including phenoxy) is 1. The van der Waals surface area contributed by atoms with Crippen LogP contribution in [0.5, 0.6) is 5.75 Å². The van der Waals surface area contributed by atoms with Crippen molar-refractivity contribution in [3.05, 3.63) is 58.7 Å². The fraction of sp³-hybridized carbons (Fsp3) is 0.300. The van der Waals surface area contributed by atoms with Crippen molar-refractivity contribution in [2.45, 2.75) is 27.7 Å². The van der Waals surface area contributed by atoms with Gasteiger partial charge in [0, 0.05) is 11.3 Å². The van der Waals surface area contributed by atoms with E-state index in [9.17, 15) is 4.79 Å². The number of hydrogen-bond donors (Lipinski definition) is 2. The summed E-state index contributed by atoms with van der Waals surface area (Å²) < 4.78 is 5.31. The third kappa shape index (κ3) is 4.83.